The van der Waals surface area contributed by atoms with Crippen molar-refractivity contribution in [2.75, 3.05) is 18.6 Å². The van der Waals surface area contributed by atoms with E-state index in [1.807, 2.05) is 0 Å². The predicted molar refractivity (Wildman–Crippen MR) is 123 cm³/mol. The van der Waals surface area contributed by atoms with Gasteiger partial charge in [-0.05, 0) is 49.7 Å². The number of halogens is 4. The lowest BCUT2D eigenvalue weighted by atomic mass is 9.75. The number of amidine groups is 1. The van der Waals surface area contributed by atoms with Crippen LogP contribution >= 0.6 is 15.9 Å². The zero-order valence-electron chi connectivity index (χ0n) is 18.6. The number of nitrogens with zero attached hydrogens (tertiary/aromatic N) is 1. The fraction of sp³-hybridized carbons (Fsp3) is 0.292. The number of ether oxygens (including phenoxy) is 2. The van der Waals surface area contributed by atoms with E-state index >= 15 is 0 Å². The maximum Gasteiger partial charge on any atom is 0.416 e. The highest BCUT2D eigenvalue weighted by atomic mass is 79.9. The van der Waals surface area contributed by atoms with Gasteiger partial charge in [-0.1, -0.05) is 34.1 Å². The number of methoxy groups -OCH3 is 1. The second-order valence-electron chi connectivity index (χ2n) is 7.52. The maximum absolute atomic E-state index is 13.4. The molecule has 1 heterocycles. The summed E-state index contributed by atoms with van der Waals surface area (Å²) < 4.78 is 51.1. The molecule has 10 heteroatoms. The molecule has 180 valence electrons. The first kappa shape index (κ1) is 25.5. The van der Waals surface area contributed by atoms with Crippen molar-refractivity contribution in [1.82, 2.24) is 0 Å². The number of rotatable bonds is 5. The molecule has 0 fully saturated rings. The monoisotopic (exact) mass is 538 g/mol. The summed E-state index contributed by atoms with van der Waals surface area (Å²) in [5.74, 6) is -4.09. The van der Waals surface area contributed by atoms with Crippen molar-refractivity contribution in [2.45, 2.75) is 25.9 Å². The van der Waals surface area contributed by atoms with Gasteiger partial charge in [-0.2, -0.15) is 13.2 Å². The van der Waals surface area contributed by atoms with Crippen LogP contribution in [0.2, 0.25) is 0 Å². The van der Waals surface area contributed by atoms with Crippen LogP contribution in [-0.2, 0) is 25.2 Å². The summed E-state index contributed by atoms with van der Waals surface area (Å²) in [6, 6.07) is 11.2. The minimum atomic E-state index is -4.61. The van der Waals surface area contributed by atoms with E-state index < -0.39 is 35.5 Å². The van der Waals surface area contributed by atoms with Gasteiger partial charge < -0.3 is 14.4 Å². The molecule has 6 nitrogen and oxygen atoms in total. The molecule has 0 spiro atoms. The number of carbonyl (C=O) groups is 2. The average Bonchev–Trinajstić information content (AvgIpc) is 2.78. The van der Waals surface area contributed by atoms with Gasteiger partial charge >= 0.3 is 18.1 Å². The molecule has 0 amide bonds. The van der Waals surface area contributed by atoms with Crippen LogP contribution in [0, 0.1) is 11.3 Å². The van der Waals surface area contributed by atoms with E-state index in [1.54, 1.807) is 31.2 Å². The number of hydrogen-bond donors (Lipinski definition) is 1. The van der Waals surface area contributed by atoms with Gasteiger partial charge in [-0.15, -0.1) is 0 Å². The third-order valence-electron chi connectivity index (χ3n) is 5.52. The van der Waals surface area contributed by atoms with Crippen LogP contribution in [0.4, 0.5) is 18.9 Å². The van der Waals surface area contributed by atoms with Gasteiger partial charge in [0, 0.05) is 21.8 Å². The van der Waals surface area contributed by atoms with Crippen molar-refractivity contribution in [1.29, 1.82) is 5.41 Å². The SMILES string of the molecule is CCOC(=O)C1=C(C)N(c2cccc(C(F)(F)F)c2)C(=N)C(C(=O)OC)C1c1ccc(Br)cc1. The number of allylic oxidation sites excluding steroid dienone is 1. The van der Waals surface area contributed by atoms with Gasteiger partial charge in [0.15, 0.2) is 0 Å². The highest BCUT2D eigenvalue weighted by molar-refractivity contribution is 9.10. The molecule has 1 aliphatic rings. The quantitative estimate of drug-likeness (QED) is 0.495. The molecule has 0 saturated carbocycles. The molecule has 1 N–H and O–H groups in total. The molecule has 0 aliphatic carbocycles. The third kappa shape index (κ3) is 4.86. The van der Waals surface area contributed by atoms with Crippen LogP contribution in [-0.4, -0.2) is 31.5 Å². The topological polar surface area (TPSA) is 79.7 Å². The van der Waals surface area contributed by atoms with Gasteiger partial charge in [0.1, 0.15) is 11.8 Å². The van der Waals surface area contributed by atoms with Crippen LogP contribution in [0.15, 0.2) is 64.3 Å². The van der Waals surface area contributed by atoms with Crippen LogP contribution in [0.25, 0.3) is 0 Å². The third-order valence-corrected chi connectivity index (χ3v) is 6.04. The summed E-state index contributed by atoms with van der Waals surface area (Å²) >= 11 is 3.35. The van der Waals surface area contributed by atoms with E-state index in [9.17, 15) is 22.8 Å². The molecule has 0 radical (unpaired) electrons. The van der Waals surface area contributed by atoms with Gasteiger partial charge in [0.2, 0.25) is 0 Å². The molecule has 34 heavy (non-hydrogen) atoms. The lowest BCUT2D eigenvalue weighted by Gasteiger charge is -2.40. The molecule has 0 aromatic heterocycles. The Morgan fingerprint density at radius 1 is 1.15 bits per heavy atom. The molecular formula is C24H22BrF3N2O4. The zero-order chi connectivity index (χ0) is 25.2. The Morgan fingerprint density at radius 2 is 1.79 bits per heavy atom. The number of hydrogen-bond acceptors (Lipinski definition) is 5. The first-order chi connectivity index (χ1) is 16.0. The summed E-state index contributed by atoms with van der Waals surface area (Å²) in [6.07, 6.45) is -4.61. The van der Waals surface area contributed by atoms with Crippen molar-refractivity contribution in [3.63, 3.8) is 0 Å². The molecule has 2 unspecified atom stereocenters. The van der Waals surface area contributed by atoms with Crippen molar-refractivity contribution in [2.24, 2.45) is 5.92 Å². The lowest BCUT2D eigenvalue weighted by Crippen LogP contribution is -2.48. The second kappa shape index (κ2) is 10.0. The van der Waals surface area contributed by atoms with E-state index in [0.717, 1.165) is 23.7 Å². The lowest BCUT2D eigenvalue weighted by molar-refractivity contribution is -0.144. The predicted octanol–water partition coefficient (Wildman–Crippen LogP) is 5.68. The van der Waals surface area contributed by atoms with E-state index in [-0.39, 0.29) is 29.4 Å². The first-order valence-corrected chi connectivity index (χ1v) is 11.1. The highest BCUT2D eigenvalue weighted by Crippen LogP contribution is 2.44. The molecule has 2 aromatic rings. The number of benzene rings is 2. The Kier molecular flexibility index (Phi) is 7.50. The van der Waals surface area contributed by atoms with Crippen LogP contribution in [0.5, 0.6) is 0 Å². The Hall–Kier alpha value is -3.14. The standard InChI is InChI=1S/C24H22BrF3N2O4/c1-4-34-23(32)18-13(2)30(17-7-5-6-15(12-17)24(26,27)28)21(29)20(22(31)33-3)19(18)14-8-10-16(25)11-9-14/h5-12,19-20,29H,4H2,1-3H3. The fourth-order valence-electron chi connectivity index (χ4n) is 4.03. The van der Waals surface area contributed by atoms with Gasteiger partial charge in [0.05, 0.1) is 24.9 Å². The van der Waals surface area contributed by atoms with Crippen LogP contribution < -0.4 is 4.90 Å². The van der Waals surface area contributed by atoms with E-state index in [2.05, 4.69) is 15.9 Å². The van der Waals surface area contributed by atoms with Gasteiger partial charge in [0.25, 0.3) is 0 Å². The Morgan fingerprint density at radius 3 is 2.35 bits per heavy atom. The molecular weight excluding hydrogens is 517 g/mol. The average molecular weight is 539 g/mol. The number of carbonyl (C=O) groups excluding carboxylic acids is 2. The summed E-state index contributed by atoms with van der Waals surface area (Å²) in [5.41, 5.74) is -0.131. The van der Waals surface area contributed by atoms with Crippen molar-refractivity contribution >= 4 is 39.4 Å². The molecule has 0 bridgehead atoms. The smallest absolute Gasteiger partial charge is 0.416 e. The van der Waals surface area contributed by atoms with E-state index in [4.69, 9.17) is 14.9 Å². The molecule has 2 aromatic carbocycles. The minimum absolute atomic E-state index is 0.0118. The van der Waals surface area contributed by atoms with Gasteiger partial charge in [-0.25, -0.2) is 4.79 Å². The first-order valence-electron chi connectivity index (χ1n) is 10.3. The summed E-state index contributed by atoms with van der Waals surface area (Å²) in [4.78, 5) is 27.2. The van der Waals surface area contributed by atoms with Crippen molar-refractivity contribution < 1.29 is 32.2 Å². The van der Waals surface area contributed by atoms with Crippen LogP contribution in [0.3, 0.4) is 0 Å². The number of nitrogens with one attached hydrogen (secondary N) is 1. The highest BCUT2D eigenvalue weighted by Gasteiger charge is 2.47. The molecule has 0 saturated heterocycles. The van der Waals surface area contributed by atoms with Crippen molar-refractivity contribution in [3.05, 3.63) is 75.4 Å². The largest absolute Gasteiger partial charge is 0.468 e. The number of esters is 2. The Labute approximate surface area is 203 Å². The number of alkyl halides is 3. The molecule has 2 atom stereocenters. The summed E-state index contributed by atoms with van der Waals surface area (Å²) in [6.45, 7) is 3.18. The summed E-state index contributed by atoms with van der Waals surface area (Å²) in [5, 5.41) is 8.83. The second-order valence-corrected chi connectivity index (χ2v) is 8.43. The summed E-state index contributed by atoms with van der Waals surface area (Å²) in [7, 11) is 1.15. The van der Waals surface area contributed by atoms with Crippen LogP contribution in [0.1, 0.15) is 30.9 Å². The van der Waals surface area contributed by atoms with E-state index in [0.29, 0.717) is 5.56 Å². The normalized spacial score (nSPS) is 18.7. The number of anilines is 1. The van der Waals surface area contributed by atoms with E-state index in [1.165, 1.54) is 24.0 Å². The minimum Gasteiger partial charge on any atom is -0.468 e. The Balaban J connectivity index is 2.30. The Bertz CT molecular complexity index is 1150. The molecule has 3 rings (SSSR count). The zero-order valence-corrected chi connectivity index (χ0v) is 20.2. The van der Waals surface area contributed by atoms with Crippen molar-refractivity contribution in [3.8, 4) is 0 Å². The fourth-order valence-corrected chi connectivity index (χ4v) is 4.30. The van der Waals surface area contributed by atoms with Gasteiger partial charge in [-0.3, -0.25) is 10.2 Å². The maximum atomic E-state index is 13.4. The molecule has 1 aliphatic heterocycles.